The van der Waals surface area contributed by atoms with E-state index in [4.69, 9.17) is 5.73 Å². The highest BCUT2D eigenvalue weighted by Gasteiger charge is 2.51. The van der Waals surface area contributed by atoms with Crippen LogP contribution >= 0.6 is 0 Å². The molecule has 1 saturated carbocycles. The lowest BCUT2D eigenvalue weighted by atomic mass is 9.62. The Hall–Kier alpha value is -0.0800. The molecular formula is C14H28N2. The van der Waals surface area contributed by atoms with E-state index in [1.54, 1.807) is 0 Å². The van der Waals surface area contributed by atoms with Crippen molar-refractivity contribution in [2.24, 2.45) is 11.1 Å². The monoisotopic (exact) mass is 224 g/mol. The minimum atomic E-state index is 0.279. The summed E-state index contributed by atoms with van der Waals surface area (Å²) < 4.78 is 0. The van der Waals surface area contributed by atoms with Gasteiger partial charge in [-0.25, -0.2) is 0 Å². The molecule has 2 N–H and O–H groups in total. The second-order valence-corrected chi connectivity index (χ2v) is 6.51. The van der Waals surface area contributed by atoms with Crippen molar-refractivity contribution in [3.63, 3.8) is 0 Å². The zero-order valence-electron chi connectivity index (χ0n) is 11.3. The molecule has 16 heavy (non-hydrogen) atoms. The van der Waals surface area contributed by atoms with Crippen LogP contribution in [0.3, 0.4) is 0 Å². The van der Waals surface area contributed by atoms with E-state index in [0.717, 1.165) is 12.6 Å². The zero-order chi connectivity index (χ0) is 11.8. The third kappa shape index (κ3) is 1.70. The van der Waals surface area contributed by atoms with Crippen LogP contribution in [0, 0.1) is 5.41 Å². The van der Waals surface area contributed by atoms with Crippen LogP contribution in [0.4, 0.5) is 0 Å². The Labute approximate surface area is 101 Å². The van der Waals surface area contributed by atoms with E-state index in [-0.39, 0.29) is 5.54 Å². The van der Waals surface area contributed by atoms with Gasteiger partial charge in [0.1, 0.15) is 0 Å². The van der Waals surface area contributed by atoms with Crippen LogP contribution < -0.4 is 5.73 Å². The first-order valence-electron chi connectivity index (χ1n) is 7.00. The molecule has 2 aliphatic rings. The average Bonchev–Trinajstić information content (AvgIpc) is 2.65. The second kappa shape index (κ2) is 4.30. The minimum absolute atomic E-state index is 0.279. The Morgan fingerprint density at radius 3 is 2.38 bits per heavy atom. The molecule has 2 heteroatoms. The number of hydrogen-bond acceptors (Lipinski definition) is 2. The van der Waals surface area contributed by atoms with Crippen molar-refractivity contribution in [2.75, 3.05) is 13.1 Å². The van der Waals surface area contributed by atoms with Crippen LogP contribution in [0.5, 0.6) is 0 Å². The first kappa shape index (κ1) is 12.4. The van der Waals surface area contributed by atoms with Gasteiger partial charge >= 0.3 is 0 Å². The second-order valence-electron chi connectivity index (χ2n) is 6.51. The summed E-state index contributed by atoms with van der Waals surface area (Å²) in [7, 11) is 0. The zero-order valence-corrected chi connectivity index (χ0v) is 11.3. The van der Waals surface area contributed by atoms with E-state index in [0.29, 0.717) is 5.41 Å². The maximum Gasteiger partial charge on any atom is 0.0385 e. The largest absolute Gasteiger partial charge is 0.329 e. The molecule has 1 aliphatic carbocycles. The number of hydrogen-bond donors (Lipinski definition) is 1. The van der Waals surface area contributed by atoms with E-state index >= 15 is 0 Å². The van der Waals surface area contributed by atoms with Crippen molar-refractivity contribution in [2.45, 2.75) is 70.9 Å². The maximum absolute atomic E-state index is 6.21. The molecule has 2 unspecified atom stereocenters. The van der Waals surface area contributed by atoms with E-state index < -0.39 is 0 Å². The summed E-state index contributed by atoms with van der Waals surface area (Å²) >= 11 is 0. The lowest BCUT2D eigenvalue weighted by Crippen LogP contribution is -2.64. The van der Waals surface area contributed by atoms with E-state index in [2.05, 4.69) is 25.7 Å². The molecule has 0 spiro atoms. The fourth-order valence-electron chi connectivity index (χ4n) is 4.15. The Morgan fingerprint density at radius 2 is 1.88 bits per heavy atom. The van der Waals surface area contributed by atoms with Crippen molar-refractivity contribution in [3.05, 3.63) is 0 Å². The van der Waals surface area contributed by atoms with Crippen LogP contribution in [-0.2, 0) is 0 Å². The van der Waals surface area contributed by atoms with Gasteiger partial charge in [-0.2, -0.15) is 0 Å². The van der Waals surface area contributed by atoms with Crippen LogP contribution in [-0.4, -0.2) is 29.6 Å². The first-order valence-corrected chi connectivity index (χ1v) is 7.00. The summed E-state index contributed by atoms with van der Waals surface area (Å²) in [5.74, 6) is 0. The molecule has 0 aromatic carbocycles. The number of nitrogens with two attached hydrogens (primary N) is 1. The predicted octanol–water partition coefficient (Wildman–Crippen LogP) is 2.77. The van der Waals surface area contributed by atoms with Crippen LogP contribution in [0.15, 0.2) is 0 Å². The maximum atomic E-state index is 6.21. The molecule has 2 nitrogen and oxygen atoms in total. The van der Waals surface area contributed by atoms with Crippen molar-refractivity contribution in [3.8, 4) is 0 Å². The highest BCUT2D eigenvalue weighted by molar-refractivity contribution is 5.07. The Balaban J connectivity index is 2.28. The minimum Gasteiger partial charge on any atom is -0.329 e. The van der Waals surface area contributed by atoms with Crippen molar-refractivity contribution in [1.82, 2.24) is 4.90 Å². The van der Waals surface area contributed by atoms with E-state index in [1.165, 1.54) is 45.1 Å². The summed E-state index contributed by atoms with van der Waals surface area (Å²) in [6, 6.07) is 0.737. The fourth-order valence-corrected chi connectivity index (χ4v) is 4.15. The molecule has 1 saturated heterocycles. The van der Waals surface area contributed by atoms with Gasteiger partial charge in [-0.3, -0.25) is 4.90 Å². The highest BCUT2D eigenvalue weighted by Crippen LogP contribution is 2.49. The predicted molar refractivity (Wildman–Crippen MR) is 69.4 cm³/mol. The van der Waals surface area contributed by atoms with Gasteiger partial charge in [0.2, 0.25) is 0 Å². The third-order valence-electron chi connectivity index (χ3n) is 5.34. The first-order chi connectivity index (χ1) is 7.53. The normalized spacial score (nSPS) is 40.1. The topological polar surface area (TPSA) is 29.3 Å². The number of nitrogens with zero attached hydrogens (tertiary/aromatic N) is 1. The van der Waals surface area contributed by atoms with Gasteiger partial charge in [-0.05, 0) is 44.6 Å². The number of likely N-dealkylation sites (tertiary alicyclic amines) is 1. The summed E-state index contributed by atoms with van der Waals surface area (Å²) in [6.07, 6.45) is 8.12. The fraction of sp³-hybridized carbons (Fsp3) is 1.00. The average molecular weight is 224 g/mol. The molecule has 0 aromatic rings. The molecule has 0 amide bonds. The van der Waals surface area contributed by atoms with Crippen molar-refractivity contribution in [1.29, 1.82) is 0 Å². The lowest BCUT2D eigenvalue weighted by molar-refractivity contribution is -0.0480. The van der Waals surface area contributed by atoms with Gasteiger partial charge in [-0.1, -0.05) is 26.7 Å². The molecule has 2 fully saturated rings. The molecule has 2 rings (SSSR count). The highest BCUT2D eigenvalue weighted by atomic mass is 15.3. The molecule has 2 atom stereocenters. The summed E-state index contributed by atoms with van der Waals surface area (Å²) in [5, 5.41) is 0. The van der Waals surface area contributed by atoms with Crippen LogP contribution in [0.2, 0.25) is 0 Å². The van der Waals surface area contributed by atoms with Gasteiger partial charge < -0.3 is 5.73 Å². The Bertz CT molecular complexity index is 249. The molecular weight excluding hydrogens is 196 g/mol. The summed E-state index contributed by atoms with van der Waals surface area (Å²) in [6.45, 7) is 9.36. The molecule has 1 aliphatic heterocycles. The van der Waals surface area contributed by atoms with Crippen LogP contribution in [0.25, 0.3) is 0 Å². The summed E-state index contributed by atoms with van der Waals surface area (Å²) in [4.78, 5) is 2.74. The number of rotatable bonds is 2. The van der Waals surface area contributed by atoms with Gasteiger partial charge in [0.05, 0.1) is 0 Å². The SMILES string of the molecule is CC1CCCN1C1(CN)CCCCC1(C)C. The molecule has 0 aromatic heterocycles. The van der Waals surface area contributed by atoms with Gasteiger partial charge in [0, 0.05) is 18.1 Å². The molecule has 94 valence electrons. The third-order valence-corrected chi connectivity index (χ3v) is 5.34. The Morgan fingerprint density at radius 1 is 1.19 bits per heavy atom. The van der Waals surface area contributed by atoms with Crippen molar-refractivity contribution < 1.29 is 0 Å². The van der Waals surface area contributed by atoms with Gasteiger partial charge in [0.15, 0.2) is 0 Å². The smallest absolute Gasteiger partial charge is 0.0385 e. The standard InChI is InChI=1S/C14H28N2/c1-12-7-6-10-16(12)14(11-15)9-5-4-8-13(14,2)3/h12H,4-11,15H2,1-3H3. The quantitative estimate of drug-likeness (QED) is 0.781. The Kier molecular flexibility index (Phi) is 3.33. The molecule has 0 bridgehead atoms. The lowest BCUT2D eigenvalue weighted by Gasteiger charge is -2.56. The molecule has 0 radical (unpaired) electrons. The van der Waals surface area contributed by atoms with Gasteiger partial charge in [0.25, 0.3) is 0 Å². The van der Waals surface area contributed by atoms with Crippen molar-refractivity contribution >= 4 is 0 Å². The van der Waals surface area contributed by atoms with Gasteiger partial charge in [-0.15, -0.1) is 0 Å². The van der Waals surface area contributed by atoms with Crippen LogP contribution in [0.1, 0.15) is 59.3 Å². The summed E-state index contributed by atoms with van der Waals surface area (Å²) in [5.41, 5.74) is 6.88. The van der Waals surface area contributed by atoms with E-state index in [1.807, 2.05) is 0 Å². The van der Waals surface area contributed by atoms with E-state index in [9.17, 15) is 0 Å². The molecule has 1 heterocycles.